The van der Waals surface area contributed by atoms with Gasteiger partial charge in [-0.15, -0.1) is 0 Å². The Hall–Kier alpha value is -3.09. The normalized spacial score (nSPS) is 14.1. The molecule has 9 nitrogen and oxygen atoms in total. The lowest BCUT2D eigenvalue weighted by Crippen LogP contribution is -2.44. The van der Waals surface area contributed by atoms with Crippen molar-refractivity contribution in [3.8, 4) is 5.75 Å². The molecule has 1 aromatic carbocycles. The maximum absolute atomic E-state index is 13.5. The van der Waals surface area contributed by atoms with Crippen LogP contribution in [0.25, 0.3) is 0 Å². The van der Waals surface area contributed by atoms with E-state index in [2.05, 4.69) is 10.5 Å². The van der Waals surface area contributed by atoms with Gasteiger partial charge in [-0.2, -0.15) is 0 Å². The predicted octanol–water partition coefficient (Wildman–Crippen LogP) is 2.43. The van der Waals surface area contributed by atoms with Crippen molar-refractivity contribution in [2.75, 3.05) is 11.9 Å². The van der Waals surface area contributed by atoms with E-state index in [-0.39, 0.29) is 35.1 Å². The van der Waals surface area contributed by atoms with Crippen LogP contribution in [-0.4, -0.2) is 36.5 Å². The van der Waals surface area contributed by atoms with Gasteiger partial charge >= 0.3 is 0 Å². The third kappa shape index (κ3) is 5.39. The van der Waals surface area contributed by atoms with Crippen molar-refractivity contribution in [1.29, 1.82) is 0 Å². The number of carbonyl (C=O) groups is 1. The first kappa shape index (κ1) is 23.6. The Labute approximate surface area is 184 Å². The van der Waals surface area contributed by atoms with E-state index in [4.69, 9.17) is 15.0 Å². The van der Waals surface area contributed by atoms with E-state index in [0.717, 1.165) is 12.1 Å². The molecule has 0 fully saturated rings. The zero-order chi connectivity index (χ0) is 23.6. The Kier molecular flexibility index (Phi) is 6.77. The number of nitrogens with one attached hydrogen (secondary N) is 1. The van der Waals surface area contributed by atoms with Crippen molar-refractivity contribution in [2.24, 2.45) is 12.8 Å². The highest BCUT2D eigenvalue weighted by molar-refractivity contribution is 7.79. The van der Waals surface area contributed by atoms with E-state index in [1.54, 1.807) is 19.9 Å². The first-order valence-electron chi connectivity index (χ1n) is 9.36. The van der Waals surface area contributed by atoms with E-state index in [0.29, 0.717) is 11.5 Å². The van der Waals surface area contributed by atoms with Crippen LogP contribution in [0.1, 0.15) is 28.9 Å². The van der Waals surface area contributed by atoms with Gasteiger partial charge in [0.15, 0.2) is 23.1 Å². The number of aromatic nitrogens is 2. The molecule has 2 atom stereocenters. The van der Waals surface area contributed by atoms with E-state index in [1.807, 2.05) is 0 Å². The average Bonchev–Trinajstić information content (AvgIpc) is 3.25. The van der Waals surface area contributed by atoms with Crippen LogP contribution < -0.4 is 15.8 Å². The quantitative estimate of drug-likeness (QED) is 0.486. The molecule has 12 heteroatoms. The molecule has 2 aromatic heterocycles. The van der Waals surface area contributed by atoms with Crippen LogP contribution in [0.4, 0.5) is 14.5 Å². The standard InChI is InChI=1S/C20H22F2N4O5S/c1-11-6-13(25-31-11)8-20(2,23)10-30-18-16(32(28)29)9-26(3)17(18)19(27)24-12-4-5-14(21)15(22)7-12/h4-7,9H,8,10,23H2,1-3H3,(H,24,27)(H,28,29)/p-1. The summed E-state index contributed by atoms with van der Waals surface area (Å²) in [5, 5.41) is 6.28. The number of nitrogens with two attached hydrogens (primary N) is 1. The third-order valence-electron chi connectivity index (χ3n) is 4.48. The average molecular weight is 467 g/mol. The molecule has 3 N–H and O–H groups in total. The zero-order valence-corrected chi connectivity index (χ0v) is 18.3. The molecule has 172 valence electrons. The molecular weight excluding hydrogens is 446 g/mol. The van der Waals surface area contributed by atoms with Crippen LogP contribution >= 0.6 is 0 Å². The number of anilines is 1. The Morgan fingerprint density at radius 2 is 2.09 bits per heavy atom. The van der Waals surface area contributed by atoms with Gasteiger partial charge in [-0.1, -0.05) is 5.16 Å². The minimum atomic E-state index is -2.72. The molecule has 2 heterocycles. The summed E-state index contributed by atoms with van der Waals surface area (Å²) in [6.07, 6.45) is 1.47. The molecule has 0 saturated carbocycles. The fourth-order valence-electron chi connectivity index (χ4n) is 3.06. The summed E-state index contributed by atoms with van der Waals surface area (Å²) >= 11 is -2.72. The molecule has 0 bridgehead atoms. The van der Waals surface area contributed by atoms with E-state index in [1.165, 1.54) is 23.9 Å². The molecule has 3 rings (SSSR count). The largest absolute Gasteiger partial charge is 0.768 e. The molecule has 0 aliphatic rings. The molecule has 0 radical (unpaired) electrons. The summed E-state index contributed by atoms with van der Waals surface area (Å²) in [6.45, 7) is 3.26. The molecular formula is C20H21F2N4O5S-. The second-order valence-corrected chi connectivity index (χ2v) is 8.56. The molecule has 2 unspecified atom stereocenters. The Balaban J connectivity index is 1.85. The summed E-state index contributed by atoms with van der Waals surface area (Å²) < 4.78 is 62.0. The molecule has 0 aliphatic carbocycles. The molecule has 1 amide bonds. The van der Waals surface area contributed by atoms with Gasteiger partial charge in [-0.25, -0.2) is 8.78 Å². The number of carbonyl (C=O) groups excluding carboxylic acids is 1. The molecule has 3 aromatic rings. The number of nitrogens with zero attached hydrogens (tertiary/aromatic N) is 2. The number of benzene rings is 1. The van der Waals surface area contributed by atoms with Gasteiger partial charge in [0.25, 0.3) is 5.91 Å². The summed E-state index contributed by atoms with van der Waals surface area (Å²) in [5.74, 6) is -2.60. The maximum atomic E-state index is 13.5. The summed E-state index contributed by atoms with van der Waals surface area (Å²) in [4.78, 5) is 12.6. The predicted molar refractivity (Wildman–Crippen MR) is 110 cm³/mol. The smallest absolute Gasteiger partial charge is 0.276 e. The fourth-order valence-corrected chi connectivity index (χ4v) is 3.62. The Morgan fingerprint density at radius 3 is 2.69 bits per heavy atom. The number of hydrogen-bond acceptors (Lipinski definition) is 7. The Bertz CT molecular complexity index is 1170. The minimum Gasteiger partial charge on any atom is -0.768 e. The molecule has 0 spiro atoms. The van der Waals surface area contributed by atoms with Gasteiger partial charge in [0.2, 0.25) is 0 Å². The van der Waals surface area contributed by atoms with E-state index < -0.39 is 34.2 Å². The zero-order valence-electron chi connectivity index (χ0n) is 17.5. The number of hydrogen-bond donors (Lipinski definition) is 2. The summed E-state index contributed by atoms with van der Waals surface area (Å²) in [7, 11) is 1.45. The highest BCUT2D eigenvalue weighted by Crippen LogP contribution is 2.30. The number of halogens is 2. The van der Waals surface area contributed by atoms with Crippen LogP contribution in [-0.2, 0) is 24.5 Å². The topological polar surface area (TPSA) is 135 Å². The third-order valence-corrected chi connectivity index (χ3v) is 5.13. The second-order valence-electron chi connectivity index (χ2n) is 7.65. The molecule has 0 saturated heterocycles. The number of amides is 1. The van der Waals surface area contributed by atoms with E-state index >= 15 is 0 Å². The van der Waals surface area contributed by atoms with Crippen LogP contribution in [0, 0.1) is 18.6 Å². The van der Waals surface area contributed by atoms with E-state index in [9.17, 15) is 22.3 Å². The monoisotopic (exact) mass is 467 g/mol. The highest BCUT2D eigenvalue weighted by Gasteiger charge is 2.27. The van der Waals surface area contributed by atoms with Gasteiger partial charge in [0, 0.05) is 37.5 Å². The maximum Gasteiger partial charge on any atom is 0.276 e. The van der Waals surface area contributed by atoms with Crippen molar-refractivity contribution in [3.63, 3.8) is 0 Å². The van der Waals surface area contributed by atoms with Crippen molar-refractivity contribution >= 4 is 22.7 Å². The van der Waals surface area contributed by atoms with Crippen LogP contribution in [0.3, 0.4) is 0 Å². The lowest BCUT2D eigenvalue weighted by Gasteiger charge is -2.24. The van der Waals surface area contributed by atoms with Crippen molar-refractivity contribution in [2.45, 2.75) is 30.7 Å². The number of aryl methyl sites for hydroxylation is 2. The second kappa shape index (κ2) is 9.18. The summed E-state index contributed by atoms with van der Waals surface area (Å²) in [5.41, 5.74) is 5.73. The van der Waals surface area contributed by atoms with Crippen LogP contribution in [0.5, 0.6) is 5.75 Å². The SMILES string of the molecule is Cc1cc(CC(C)(N)COc2c(S(=O)[O-])cn(C)c2C(=O)Nc2ccc(F)c(F)c2)no1. The van der Waals surface area contributed by atoms with Crippen molar-refractivity contribution in [1.82, 2.24) is 9.72 Å². The number of ether oxygens (including phenoxy) is 1. The summed E-state index contributed by atoms with van der Waals surface area (Å²) in [6, 6.07) is 4.55. The van der Waals surface area contributed by atoms with Crippen LogP contribution in [0.2, 0.25) is 0 Å². The van der Waals surface area contributed by atoms with Gasteiger partial charge in [0.05, 0.1) is 16.1 Å². The van der Waals surface area contributed by atoms with Gasteiger partial charge in [0.1, 0.15) is 12.4 Å². The fraction of sp³-hybridized carbons (Fsp3) is 0.300. The first-order chi connectivity index (χ1) is 15.0. The van der Waals surface area contributed by atoms with Gasteiger partial charge < -0.3 is 29.4 Å². The van der Waals surface area contributed by atoms with Gasteiger partial charge in [-0.3, -0.25) is 9.00 Å². The van der Waals surface area contributed by atoms with Crippen molar-refractivity contribution < 1.29 is 31.6 Å². The Morgan fingerprint density at radius 1 is 1.38 bits per heavy atom. The molecule has 32 heavy (non-hydrogen) atoms. The highest BCUT2D eigenvalue weighted by atomic mass is 32.2. The van der Waals surface area contributed by atoms with Crippen molar-refractivity contribution in [3.05, 3.63) is 59.2 Å². The van der Waals surface area contributed by atoms with Gasteiger partial charge in [-0.05, 0) is 37.1 Å². The lowest BCUT2D eigenvalue weighted by molar-refractivity contribution is 0.101. The molecule has 0 aliphatic heterocycles. The van der Waals surface area contributed by atoms with Crippen LogP contribution in [0.15, 0.2) is 39.9 Å². The lowest BCUT2D eigenvalue weighted by atomic mass is 9.98. The first-order valence-corrected chi connectivity index (χ1v) is 10.4. The minimum absolute atomic E-state index is 0.0177. The number of rotatable bonds is 8.